The van der Waals surface area contributed by atoms with Crippen molar-refractivity contribution in [3.63, 3.8) is 0 Å². The number of benzene rings is 2. The summed E-state index contributed by atoms with van der Waals surface area (Å²) in [6.45, 7) is 8.73. The Morgan fingerprint density at radius 3 is 2.44 bits per heavy atom. The molecule has 0 aromatic heterocycles. The maximum Gasteiger partial charge on any atom is 0.260 e. The Kier molecular flexibility index (Phi) is 7.38. The summed E-state index contributed by atoms with van der Waals surface area (Å²) in [5.74, 6) is 1.90. The molecule has 134 valence electrons. The van der Waals surface area contributed by atoms with Crippen molar-refractivity contribution in [3.05, 3.63) is 59.7 Å². The van der Waals surface area contributed by atoms with Gasteiger partial charge in [-0.05, 0) is 43.5 Å². The number of para-hydroxylation sites is 1. The Labute approximate surface area is 155 Å². The minimum Gasteiger partial charge on any atom is -0.481 e. The minimum absolute atomic E-state index is 0.0805. The molecule has 0 aliphatic rings. The van der Waals surface area contributed by atoms with Crippen LogP contribution in [0.25, 0.3) is 0 Å². The van der Waals surface area contributed by atoms with Crippen molar-refractivity contribution < 1.29 is 9.53 Å². The Morgan fingerprint density at radius 1 is 1.08 bits per heavy atom. The first-order chi connectivity index (χ1) is 12.0. The van der Waals surface area contributed by atoms with Gasteiger partial charge >= 0.3 is 0 Å². The number of carbonyl (C=O) groups excluding carboxylic acids is 1. The van der Waals surface area contributed by atoms with Crippen LogP contribution in [-0.2, 0) is 4.79 Å². The van der Waals surface area contributed by atoms with E-state index in [4.69, 9.17) is 4.74 Å². The first-order valence-corrected chi connectivity index (χ1v) is 9.68. The number of hydrogen-bond donors (Lipinski definition) is 1. The van der Waals surface area contributed by atoms with Gasteiger partial charge in [-0.2, -0.15) is 0 Å². The summed E-state index contributed by atoms with van der Waals surface area (Å²) in [5, 5.41) is 2.95. The van der Waals surface area contributed by atoms with Gasteiger partial charge in [0.2, 0.25) is 0 Å². The lowest BCUT2D eigenvalue weighted by molar-refractivity contribution is -0.127. The molecule has 0 saturated carbocycles. The van der Waals surface area contributed by atoms with Crippen molar-refractivity contribution in [2.24, 2.45) is 0 Å². The molecule has 0 spiro atoms. The number of hydrogen-bond acceptors (Lipinski definition) is 3. The standard InChI is InChI=1S/C21H27NO2S/c1-15(2)19-7-5-6-8-20(19)24-17(4)21(23)22-13-14-25-18-11-9-16(3)10-12-18/h5-12,15,17H,13-14H2,1-4H3,(H,22,23)/t17-/m1/s1. The Hall–Kier alpha value is -1.94. The minimum atomic E-state index is -0.510. The predicted molar refractivity (Wildman–Crippen MR) is 106 cm³/mol. The van der Waals surface area contributed by atoms with Crippen LogP contribution in [0.2, 0.25) is 0 Å². The van der Waals surface area contributed by atoms with Crippen LogP contribution < -0.4 is 10.1 Å². The van der Waals surface area contributed by atoms with Crippen LogP contribution in [0.15, 0.2) is 53.4 Å². The van der Waals surface area contributed by atoms with E-state index in [0.717, 1.165) is 17.1 Å². The van der Waals surface area contributed by atoms with Crippen molar-refractivity contribution in [2.75, 3.05) is 12.3 Å². The van der Waals surface area contributed by atoms with E-state index in [0.29, 0.717) is 12.5 Å². The average molecular weight is 358 g/mol. The van der Waals surface area contributed by atoms with E-state index in [1.165, 1.54) is 10.5 Å². The molecule has 25 heavy (non-hydrogen) atoms. The quantitative estimate of drug-likeness (QED) is 0.545. The second kappa shape index (κ2) is 9.52. The molecule has 0 unspecified atom stereocenters. The topological polar surface area (TPSA) is 38.3 Å². The van der Waals surface area contributed by atoms with Crippen LogP contribution in [0.1, 0.15) is 37.8 Å². The van der Waals surface area contributed by atoms with Crippen molar-refractivity contribution in [1.29, 1.82) is 0 Å². The van der Waals surface area contributed by atoms with Gasteiger partial charge in [-0.25, -0.2) is 0 Å². The van der Waals surface area contributed by atoms with Crippen molar-refractivity contribution in [3.8, 4) is 5.75 Å². The van der Waals surface area contributed by atoms with E-state index >= 15 is 0 Å². The zero-order valence-electron chi connectivity index (χ0n) is 15.4. The molecule has 0 fully saturated rings. The van der Waals surface area contributed by atoms with Crippen LogP contribution in [0.4, 0.5) is 0 Å². The molecule has 0 aliphatic heterocycles. The normalized spacial score (nSPS) is 12.0. The monoisotopic (exact) mass is 357 g/mol. The third kappa shape index (κ3) is 6.13. The molecule has 2 aromatic carbocycles. The fourth-order valence-electron chi connectivity index (χ4n) is 2.43. The summed E-state index contributed by atoms with van der Waals surface area (Å²) in [4.78, 5) is 13.5. The SMILES string of the molecule is Cc1ccc(SCCNC(=O)[C@@H](C)Oc2ccccc2C(C)C)cc1. The van der Waals surface area contributed by atoms with E-state index in [-0.39, 0.29) is 5.91 Å². The molecule has 0 bridgehead atoms. The Morgan fingerprint density at radius 2 is 1.76 bits per heavy atom. The Bertz CT molecular complexity index is 683. The van der Waals surface area contributed by atoms with Crippen LogP contribution >= 0.6 is 11.8 Å². The third-order valence-electron chi connectivity index (χ3n) is 3.90. The highest BCUT2D eigenvalue weighted by molar-refractivity contribution is 7.99. The maximum atomic E-state index is 12.2. The van der Waals surface area contributed by atoms with E-state index < -0.39 is 6.10 Å². The second-order valence-electron chi connectivity index (χ2n) is 6.41. The molecule has 1 N–H and O–H groups in total. The number of ether oxygens (including phenoxy) is 1. The smallest absolute Gasteiger partial charge is 0.260 e. The van der Waals surface area contributed by atoms with Crippen molar-refractivity contribution in [2.45, 2.75) is 44.6 Å². The van der Waals surface area contributed by atoms with Gasteiger partial charge in [-0.3, -0.25) is 4.79 Å². The van der Waals surface area contributed by atoms with Gasteiger partial charge in [0.05, 0.1) is 0 Å². The highest BCUT2D eigenvalue weighted by atomic mass is 32.2. The van der Waals surface area contributed by atoms with Gasteiger partial charge in [-0.15, -0.1) is 11.8 Å². The van der Waals surface area contributed by atoms with Crippen LogP contribution in [-0.4, -0.2) is 24.3 Å². The molecule has 1 amide bonds. The summed E-state index contributed by atoms with van der Waals surface area (Å²) in [5.41, 5.74) is 2.38. The highest BCUT2D eigenvalue weighted by Gasteiger charge is 2.16. The first-order valence-electron chi connectivity index (χ1n) is 8.70. The lowest BCUT2D eigenvalue weighted by atomic mass is 10.0. The predicted octanol–water partition coefficient (Wildman–Crippen LogP) is 4.79. The molecule has 1 atom stereocenters. The molecule has 0 saturated heterocycles. The molecular weight excluding hydrogens is 330 g/mol. The summed E-state index contributed by atoms with van der Waals surface area (Å²) in [6.07, 6.45) is -0.510. The fraction of sp³-hybridized carbons (Fsp3) is 0.381. The third-order valence-corrected chi connectivity index (χ3v) is 4.92. The van der Waals surface area contributed by atoms with Crippen molar-refractivity contribution in [1.82, 2.24) is 5.32 Å². The van der Waals surface area contributed by atoms with E-state index in [2.05, 4.69) is 50.4 Å². The number of rotatable bonds is 8. The zero-order chi connectivity index (χ0) is 18.2. The van der Waals surface area contributed by atoms with Gasteiger partial charge in [0.15, 0.2) is 6.10 Å². The van der Waals surface area contributed by atoms with Gasteiger partial charge in [-0.1, -0.05) is 49.7 Å². The van der Waals surface area contributed by atoms with Crippen LogP contribution in [0.5, 0.6) is 5.75 Å². The molecule has 0 radical (unpaired) electrons. The second-order valence-corrected chi connectivity index (χ2v) is 7.57. The molecule has 3 nitrogen and oxygen atoms in total. The Balaban J connectivity index is 1.78. The van der Waals surface area contributed by atoms with Gasteiger partial charge in [0.1, 0.15) is 5.75 Å². The largest absolute Gasteiger partial charge is 0.481 e. The molecule has 0 aliphatic carbocycles. The molecule has 4 heteroatoms. The zero-order valence-corrected chi connectivity index (χ0v) is 16.2. The van der Waals surface area contributed by atoms with Crippen LogP contribution in [0, 0.1) is 6.92 Å². The lowest BCUT2D eigenvalue weighted by Crippen LogP contribution is -2.37. The van der Waals surface area contributed by atoms with Gasteiger partial charge in [0, 0.05) is 17.2 Å². The number of carbonyl (C=O) groups is 1. The number of aryl methyl sites for hydroxylation is 1. The molecular formula is C21H27NO2S. The maximum absolute atomic E-state index is 12.2. The number of amides is 1. The first kappa shape index (κ1) is 19.4. The van der Waals surface area contributed by atoms with Gasteiger partial charge in [0.25, 0.3) is 5.91 Å². The van der Waals surface area contributed by atoms with E-state index in [1.54, 1.807) is 18.7 Å². The molecule has 2 rings (SSSR count). The molecule has 2 aromatic rings. The van der Waals surface area contributed by atoms with E-state index in [1.807, 2.05) is 24.3 Å². The molecule has 0 heterocycles. The van der Waals surface area contributed by atoms with Crippen LogP contribution in [0.3, 0.4) is 0 Å². The van der Waals surface area contributed by atoms with E-state index in [9.17, 15) is 4.79 Å². The lowest BCUT2D eigenvalue weighted by Gasteiger charge is -2.18. The summed E-state index contributed by atoms with van der Waals surface area (Å²) >= 11 is 1.74. The van der Waals surface area contributed by atoms with Gasteiger partial charge < -0.3 is 10.1 Å². The summed E-state index contributed by atoms with van der Waals surface area (Å²) in [7, 11) is 0. The number of nitrogens with one attached hydrogen (secondary N) is 1. The highest BCUT2D eigenvalue weighted by Crippen LogP contribution is 2.26. The van der Waals surface area contributed by atoms with Crippen molar-refractivity contribution >= 4 is 17.7 Å². The fourth-order valence-corrected chi connectivity index (χ4v) is 3.20. The summed E-state index contributed by atoms with van der Waals surface area (Å²) < 4.78 is 5.88. The summed E-state index contributed by atoms with van der Waals surface area (Å²) in [6, 6.07) is 16.3. The average Bonchev–Trinajstić information content (AvgIpc) is 2.60. The number of thioether (sulfide) groups is 1.